The van der Waals surface area contributed by atoms with Gasteiger partial charge in [0.1, 0.15) is 11.6 Å². The fourth-order valence-electron chi connectivity index (χ4n) is 2.53. The number of para-hydroxylation sites is 1. The normalized spacial score (nSPS) is 10.6. The summed E-state index contributed by atoms with van der Waals surface area (Å²) < 4.78 is 5.16. The molecule has 0 aliphatic heterocycles. The lowest BCUT2D eigenvalue weighted by Gasteiger charge is -2.07. The second-order valence-electron chi connectivity index (χ2n) is 5.35. The first-order valence-electron chi connectivity index (χ1n) is 7.42. The number of aromatic amines is 1. The number of carboxylic acids is 1. The van der Waals surface area contributed by atoms with Crippen molar-refractivity contribution in [2.24, 2.45) is 0 Å². The zero-order chi connectivity index (χ0) is 18.0. The van der Waals surface area contributed by atoms with Crippen molar-refractivity contribution in [1.82, 2.24) is 9.97 Å². The lowest BCUT2D eigenvalue weighted by molar-refractivity contribution is 0.0696. The number of carbonyl (C=O) groups excluding carboxylic acids is 1. The molecule has 25 heavy (non-hydrogen) atoms. The molecule has 0 spiro atoms. The average molecular weight is 338 g/mol. The Morgan fingerprint density at radius 1 is 1.20 bits per heavy atom. The van der Waals surface area contributed by atoms with Crippen LogP contribution < -0.4 is 10.3 Å². The van der Waals surface area contributed by atoms with E-state index in [2.05, 4.69) is 9.97 Å². The Kier molecular flexibility index (Phi) is 4.30. The average Bonchev–Trinajstić information content (AvgIpc) is 2.61. The van der Waals surface area contributed by atoms with Crippen LogP contribution in [0.25, 0.3) is 10.9 Å². The standard InChI is InChI=1S/C18H14N2O5/c1-25-15-5-3-2-4-12(15)14(21)9-16-19-13-8-10(18(23)24)6-7-11(13)17(22)20-16/h2-8H,9H2,1H3,(H,23,24)(H,19,20,22). The van der Waals surface area contributed by atoms with Gasteiger partial charge in [-0.2, -0.15) is 0 Å². The number of nitrogens with zero attached hydrogens (tertiary/aromatic N) is 1. The second kappa shape index (κ2) is 6.56. The number of ketones is 1. The van der Waals surface area contributed by atoms with Crippen molar-refractivity contribution in [2.75, 3.05) is 7.11 Å². The summed E-state index contributed by atoms with van der Waals surface area (Å²) >= 11 is 0. The van der Waals surface area contributed by atoms with Gasteiger partial charge in [-0.25, -0.2) is 9.78 Å². The molecule has 0 amide bonds. The minimum Gasteiger partial charge on any atom is -0.496 e. The van der Waals surface area contributed by atoms with Crippen molar-refractivity contribution in [1.29, 1.82) is 0 Å². The summed E-state index contributed by atoms with van der Waals surface area (Å²) in [6.45, 7) is 0. The second-order valence-corrected chi connectivity index (χ2v) is 5.35. The topological polar surface area (TPSA) is 109 Å². The van der Waals surface area contributed by atoms with Crippen molar-refractivity contribution in [3.8, 4) is 5.75 Å². The number of methoxy groups -OCH3 is 1. The van der Waals surface area contributed by atoms with Gasteiger partial charge in [0.2, 0.25) is 0 Å². The Morgan fingerprint density at radius 3 is 2.68 bits per heavy atom. The lowest BCUT2D eigenvalue weighted by Crippen LogP contribution is -2.16. The summed E-state index contributed by atoms with van der Waals surface area (Å²) in [6.07, 6.45) is -0.136. The van der Waals surface area contributed by atoms with E-state index in [1.165, 1.54) is 25.3 Å². The molecule has 0 atom stereocenters. The van der Waals surface area contributed by atoms with Gasteiger partial charge in [0.15, 0.2) is 5.78 Å². The molecule has 1 heterocycles. The Bertz CT molecular complexity index is 1040. The number of ether oxygens (including phenoxy) is 1. The van der Waals surface area contributed by atoms with Crippen LogP contribution in [0.1, 0.15) is 26.5 Å². The maximum Gasteiger partial charge on any atom is 0.335 e. The van der Waals surface area contributed by atoms with Crippen molar-refractivity contribution in [3.63, 3.8) is 0 Å². The van der Waals surface area contributed by atoms with E-state index in [4.69, 9.17) is 9.84 Å². The summed E-state index contributed by atoms with van der Waals surface area (Å²) in [7, 11) is 1.47. The molecule has 1 aromatic heterocycles. The minimum atomic E-state index is -1.12. The van der Waals surface area contributed by atoms with E-state index in [9.17, 15) is 14.4 Å². The molecular formula is C18H14N2O5. The molecule has 2 N–H and O–H groups in total. The summed E-state index contributed by atoms with van der Waals surface area (Å²) in [5.41, 5.74) is 0.205. The molecule has 126 valence electrons. The highest BCUT2D eigenvalue weighted by Crippen LogP contribution is 2.19. The summed E-state index contributed by atoms with van der Waals surface area (Å²) in [4.78, 5) is 42.5. The van der Waals surface area contributed by atoms with E-state index in [1.54, 1.807) is 24.3 Å². The SMILES string of the molecule is COc1ccccc1C(=O)Cc1nc2cc(C(=O)O)ccc2c(=O)[nH]1. The van der Waals surface area contributed by atoms with Crippen LogP contribution in [-0.4, -0.2) is 33.9 Å². The molecule has 3 aromatic rings. The first-order chi connectivity index (χ1) is 12.0. The molecule has 0 fully saturated rings. The van der Waals surface area contributed by atoms with E-state index in [1.807, 2.05) is 0 Å². The highest BCUT2D eigenvalue weighted by molar-refractivity contribution is 5.99. The van der Waals surface area contributed by atoms with E-state index >= 15 is 0 Å². The first-order valence-corrected chi connectivity index (χ1v) is 7.42. The number of carbonyl (C=O) groups is 2. The number of benzene rings is 2. The molecular weight excluding hydrogens is 324 g/mol. The van der Waals surface area contributed by atoms with Crippen molar-refractivity contribution in [2.45, 2.75) is 6.42 Å². The molecule has 0 aliphatic carbocycles. The molecule has 0 bridgehead atoms. The molecule has 7 heteroatoms. The predicted octanol–water partition coefficient (Wildman–Crippen LogP) is 2.06. The van der Waals surface area contributed by atoms with Crippen LogP contribution in [0, 0.1) is 0 Å². The van der Waals surface area contributed by atoms with Gasteiger partial charge in [-0.05, 0) is 30.3 Å². The van der Waals surface area contributed by atoms with Crippen LogP contribution in [0.15, 0.2) is 47.3 Å². The minimum absolute atomic E-state index is 0.0209. The van der Waals surface area contributed by atoms with E-state index in [-0.39, 0.29) is 34.5 Å². The predicted molar refractivity (Wildman–Crippen MR) is 90.4 cm³/mol. The number of Topliss-reactive ketones (excluding diaryl/α,β-unsaturated/α-hetero) is 1. The zero-order valence-corrected chi connectivity index (χ0v) is 13.3. The van der Waals surface area contributed by atoms with Crippen molar-refractivity contribution in [3.05, 3.63) is 69.8 Å². The molecule has 7 nitrogen and oxygen atoms in total. The number of nitrogens with one attached hydrogen (secondary N) is 1. The van der Waals surface area contributed by atoms with Gasteiger partial charge in [-0.15, -0.1) is 0 Å². The van der Waals surface area contributed by atoms with Crippen LogP contribution in [0.3, 0.4) is 0 Å². The van der Waals surface area contributed by atoms with Crippen LogP contribution in [-0.2, 0) is 6.42 Å². The van der Waals surface area contributed by atoms with Gasteiger partial charge in [-0.3, -0.25) is 9.59 Å². The Morgan fingerprint density at radius 2 is 1.96 bits per heavy atom. The third-order valence-electron chi connectivity index (χ3n) is 3.74. The van der Waals surface area contributed by atoms with Gasteiger partial charge >= 0.3 is 5.97 Å². The zero-order valence-electron chi connectivity index (χ0n) is 13.3. The summed E-state index contributed by atoms with van der Waals surface area (Å²) in [5.74, 6) is -0.787. The number of carboxylic acid groups (broad SMARTS) is 1. The summed E-state index contributed by atoms with van der Waals surface area (Å²) in [5, 5.41) is 9.32. The molecule has 2 aromatic carbocycles. The smallest absolute Gasteiger partial charge is 0.335 e. The largest absolute Gasteiger partial charge is 0.496 e. The molecule has 0 unspecified atom stereocenters. The van der Waals surface area contributed by atoms with Gasteiger partial charge in [0.25, 0.3) is 5.56 Å². The van der Waals surface area contributed by atoms with Crippen LogP contribution in [0.4, 0.5) is 0 Å². The van der Waals surface area contributed by atoms with Crippen LogP contribution >= 0.6 is 0 Å². The molecule has 0 saturated carbocycles. The molecule has 0 aliphatic rings. The van der Waals surface area contributed by atoms with Gasteiger partial charge < -0.3 is 14.8 Å². The lowest BCUT2D eigenvalue weighted by atomic mass is 10.1. The fraction of sp³-hybridized carbons (Fsp3) is 0.111. The number of aromatic nitrogens is 2. The monoisotopic (exact) mass is 338 g/mol. The third kappa shape index (κ3) is 3.25. The van der Waals surface area contributed by atoms with Crippen LogP contribution in [0.2, 0.25) is 0 Å². The molecule has 3 rings (SSSR count). The maximum absolute atomic E-state index is 12.5. The van der Waals surface area contributed by atoms with Gasteiger partial charge in [-0.1, -0.05) is 12.1 Å². The van der Waals surface area contributed by atoms with Crippen molar-refractivity contribution >= 4 is 22.7 Å². The number of aromatic carboxylic acids is 1. The van der Waals surface area contributed by atoms with Crippen molar-refractivity contribution < 1.29 is 19.4 Å². The Balaban J connectivity index is 2.00. The Labute approximate surface area is 141 Å². The van der Waals surface area contributed by atoms with E-state index in [0.29, 0.717) is 11.3 Å². The molecule has 0 radical (unpaired) electrons. The van der Waals surface area contributed by atoms with E-state index < -0.39 is 11.5 Å². The fourth-order valence-corrected chi connectivity index (χ4v) is 2.53. The highest BCUT2D eigenvalue weighted by Gasteiger charge is 2.15. The van der Waals surface area contributed by atoms with Crippen LogP contribution in [0.5, 0.6) is 5.75 Å². The first kappa shape index (κ1) is 16.4. The highest BCUT2D eigenvalue weighted by atomic mass is 16.5. The maximum atomic E-state index is 12.5. The number of rotatable bonds is 5. The Hall–Kier alpha value is -3.48. The molecule has 0 saturated heterocycles. The van der Waals surface area contributed by atoms with E-state index in [0.717, 1.165) is 0 Å². The number of hydrogen-bond donors (Lipinski definition) is 2. The number of H-pyrrole nitrogens is 1. The third-order valence-corrected chi connectivity index (χ3v) is 3.74. The number of fused-ring (bicyclic) bond motifs is 1. The summed E-state index contributed by atoms with van der Waals surface area (Å²) in [6, 6.07) is 10.8. The quantitative estimate of drug-likeness (QED) is 0.689. The van der Waals surface area contributed by atoms with Gasteiger partial charge in [0, 0.05) is 0 Å². The number of hydrogen-bond acceptors (Lipinski definition) is 5. The van der Waals surface area contributed by atoms with Gasteiger partial charge in [0.05, 0.1) is 35.6 Å².